The fourth-order valence-electron chi connectivity index (χ4n) is 2.40. The van der Waals surface area contributed by atoms with Gasteiger partial charge < -0.3 is 24.8 Å². The molecule has 2 atom stereocenters. The van der Waals surface area contributed by atoms with Crippen molar-refractivity contribution in [2.75, 3.05) is 46.5 Å². The Bertz CT molecular complexity index is 299. The number of nitrogens with zero attached hydrogens (tertiary/aromatic N) is 1. The van der Waals surface area contributed by atoms with E-state index in [9.17, 15) is 9.90 Å². The molecule has 0 aromatic heterocycles. The van der Waals surface area contributed by atoms with Crippen molar-refractivity contribution in [1.82, 2.24) is 10.2 Å². The maximum absolute atomic E-state index is 12.2. The van der Waals surface area contributed by atoms with Gasteiger partial charge in [-0.2, -0.15) is 0 Å². The number of piperidine rings is 1. The molecule has 0 bridgehead atoms. The van der Waals surface area contributed by atoms with Crippen molar-refractivity contribution in [3.05, 3.63) is 0 Å². The number of carbonyl (C=O) groups excluding carboxylic acids is 1. The number of carbonyl (C=O) groups is 1. The third kappa shape index (κ3) is 8.90. The first-order chi connectivity index (χ1) is 10.0. The zero-order valence-electron chi connectivity index (χ0n) is 13.9. The Morgan fingerprint density at radius 2 is 2.14 bits per heavy atom. The van der Waals surface area contributed by atoms with Gasteiger partial charge >= 0.3 is 0 Å². The molecule has 2 unspecified atom stereocenters. The van der Waals surface area contributed by atoms with E-state index >= 15 is 0 Å². The fourth-order valence-corrected chi connectivity index (χ4v) is 2.40. The molecule has 0 spiro atoms. The molecule has 1 fully saturated rings. The van der Waals surface area contributed by atoms with Crippen molar-refractivity contribution in [3.8, 4) is 0 Å². The summed E-state index contributed by atoms with van der Waals surface area (Å²) in [4.78, 5) is 13.8. The lowest BCUT2D eigenvalue weighted by atomic mass is 9.98. The zero-order chi connectivity index (χ0) is 15.7. The molecule has 0 aromatic carbocycles. The summed E-state index contributed by atoms with van der Waals surface area (Å²) in [5.74, 6) is 0.140. The molecular formula is C15H31ClN2O4. The SMILES string of the molecule is CC(C)OCCOCC(O)CN(C)C(=O)C1CCCNC1.Cl. The molecule has 1 aliphatic heterocycles. The Morgan fingerprint density at radius 3 is 2.73 bits per heavy atom. The first kappa shape index (κ1) is 21.6. The van der Waals surface area contributed by atoms with Crippen LogP contribution < -0.4 is 5.32 Å². The second-order valence-electron chi connectivity index (χ2n) is 5.91. The summed E-state index contributed by atoms with van der Waals surface area (Å²) in [6, 6.07) is 0. The fraction of sp³-hybridized carbons (Fsp3) is 0.933. The van der Waals surface area contributed by atoms with E-state index in [1.165, 1.54) is 0 Å². The minimum absolute atomic E-state index is 0. The van der Waals surface area contributed by atoms with Crippen LogP contribution in [0.2, 0.25) is 0 Å². The second-order valence-corrected chi connectivity index (χ2v) is 5.91. The highest BCUT2D eigenvalue weighted by Crippen LogP contribution is 2.12. The molecule has 132 valence electrons. The molecule has 1 rings (SSSR count). The van der Waals surface area contributed by atoms with E-state index in [0.717, 1.165) is 25.9 Å². The Balaban J connectivity index is 0.00000441. The van der Waals surface area contributed by atoms with E-state index in [1.807, 2.05) is 13.8 Å². The normalized spacial score (nSPS) is 19.6. The highest BCUT2D eigenvalue weighted by Gasteiger charge is 2.24. The van der Waals surface area contributed by atoms with Gasteiger partial charge in [-0.1, -0.05) is 0 Å². The average molecular weight is 339 g/mol. The predicted octanol–water partition coefficient (Wildman–Crippen LogP) is 0.669. The molecule has 0 radical (unpaired) electrons. The van der Waals surface area contributed by atoms with Gasteiger partial charge in [-0.15, -0.1) is 12.4 Å². The number of rotatable bonds is 9. The summed E-state index contributed by atoms with van der Waals surface area (Å²) in [5.41, 5.74) is 0. The maximum atomic E-state index is 12.2. The Morgan fingerprint density at radius 1 is 1.41 bits per heavy atom. The van der Waals surface area contributed by atoms with Gasteiger partial charge in [0.05, 0.1) is 37.9 Å². The summed E-state index contributed by atoms with van der Waals surface area (Å²) in [7, 11) is 1.74. The van der Waals surface area contributed by atoms with Gasteiger partial charge in [0.25, 0.3) is 0 Å². The van der Waals surface area contributed by atoms with Gasteiger partial charge in [0.2, 0.25) is 5.91 Å². The lowest BCUT2D eigenvalue weighted by molar-refractivity contribution is -0.136. The van der Waals surface area contributed by atoms with E-state index in [-0.39, 0.29) is 36.9 Å². The van der Waals surface area contributed by atoms with Gasteiger partial charge in [-0.3, -0.25) is 4.79 Å². The van der Waals surface area contributed by atoms with E-state index in [2.05, 4.69) is 5.32 Å². The summed E-state index contributed by atoms with van der Waals surface area (Å²) in [6.45, 7) is 7.17. The largest absolute Gasteiger partial charge is 0.389 e. The van der Waals surface area contributed by atoms with Crippen molar-refractivity contribution in [3.63, 3.8) is 0 Å². The average Bonchev–Trinajstić information content (AvgIpc) is 2.46. The summed E-state index contributed by atoms with van der Waals surface area (Å²) in [6.07, 6.45) is 1.49. The van der Waals surface area contributed by atoms with Crippen LogP contribution in [-0.2, 0) is 14.3 Å². The molecular weight excluding hydrogens is 308 g/mol. The minimum atomic E-state index is -0.658. The molecule has 1 heterocycles. The van der Waals surface area contributed by atoms with Crippen molar-refractivity contribution in [2.24, 2.45) is 5.92 Å². The Kier molecular flexibility index (Phi) is 11.9. The number of amides is 1. The van der Waals surface area contributed by atoms with Crippen LogP contribution in [0.25, 0.3) is 0 Å². The zero-order valence-corrected chi connectivity index (χ0v) is 14.7. The van der Waals surface area contributed by atoms with Crippen LogP contribution >= 0.6 is 12.4 Å². The van der Waals surface area contributed by atoms with E-state index in [0.29, 0.717) is 19.8 Å². The lowest BCUT2D eigenvalue weighted by Gasteiger charge is -2.28. The molecule has 1 aliphatic rings. The Labute approximate surface area is 139 Å². The maximum Gasteiger partial charge on any atom is 0.226 e. The standard InChI is InChI=1S/C15H30N2O4.ClH/c1-12(2)21-8-7-20-11-14(18)10-17(3)15(19)13-5-4-6-16-9-13;/h12-14,16,18H,4-11H2,1-3H3;1H. The van der Waals surface area contributed by atoms with Crippen LogP contribution in [0, 0.1) is 5.92 Å². The van der Waals surface area contributed by atoms with Crippen LogP contribution in [0.3, 0.4) is 0 Å². The molecule has 6 nitrogen and oxygen atoms in total. The molecule has 22 heavy (non-hydrogen) atoms. The van der Waals surface area contributed by atoms with Crippen LogP contribution in [0.15, 0.2) is 0 Å². The number of aliphatic hydroxyl groups excluding tert-OH is 1. The van der Waals surface area contributed by atoms with Gasteiger partial charge in [0.1, 0.15) is 0 Å². The van der Waals surface area contributed by atoms with Gasteiger partial charge in [0.15, 0.2) is 0 Å². The summed E-state index contributed by atoms with van der Waals surface area (Å²) >= 11 is 0. The van der Waals surface area contributed by atoms with Crippen molar-refractivity contribution >= 4 is 18.3 Å². The van der Waals surface area contributed by atoms with Crippen LogP contribution in [0.4, 0.5) is 0 Å². The smallest absolute Gasteiger partial charge is 0.226 e. The van der Waals surface area contributed by atoms with Crippen molar-refractivity contribution < 1.29 is 19.4 Å². The third-order valence-electron chi connectivity index (χ3n) is 3.50. The molecule has 1 amide bonds. The second kappa shape index (κ2) is 12.1. The number of ether oxygens (including phenoxy) is 2. The van der Waals surface area contributed by atoms with Gasteiger partial charge in [0, 0.05) is 20.1 Å². The Hall–Kier alpha value is -0.400. The molecule has 0 aliphatic carbocycles. The molecule has 1 saturated heterocycles. The number of likely N-dealkylation sites (N-methyl/N-ethyl adjacent to an activating group) is 1. The monoisotopic (exact) mass is 338 g/mol. The van der Waals surface area contributed by atoms with E-state index < -0.39 is 6.10 Å². The topological polar surface area (TPSA) is 71.0 Å². The molecule has 7 heteroatoms. The first-order valence-corrected chi connectivity index (χ1v) is 7.83. The number of nitrogens with one attached hydrogen (secondary N) is 1. The first-order valence-electron chi connectivity index (χ1n) is 7.83. The summed E-state index contributed by atoms with van der Waals surface area (Å²) in [5, 5.41) is 13.1. The highest BCUT2D eigenvalue weighted by molar-refractivity contribution is 5.85. The minimum Gasteiger partial charge on any atom is -0.389 e. The molecule has 2 N–H and O–H groups in total. The quantitative estimate of drug-likeness (QED) is 0.605. The lowest BCUT2D eigenvalue weighted by Crippen LogP contribution is -2.44. The van der Waals surface area contributed by atoms with Crippen LogP contribution in [0.5, 0.6) is 0 Å². The number of hydrogen-bond acceptors (Lipinski definition) is 5. The van der Waals surface area contributed by atoms with Crippen LogP contribution in [0.1, 0.15) is 26.7 Å². The van der Waals surface area contributed by atoms with E-state index in [1.54, 1.807) is 11.9 Å². The highest BCUT2D eigenvalue weighted by atomic mass is 35.5. The van der Waals surface area contributed by atoms with E-state index in [4.69, 9.17) is 9.47 Å². The van der Waals surface area contributed by atoms with Crippen molar-refractivity contribution in [1.29, 1.82) is 0 Å². The molecule has 0 aromatic rings. The molecule has 0 saturated carbocycles. The number of aliphatic hydroxyl groups is 1. The van der Waals surface area contributed by atoms with Crippen molar-refractivity contribution in [2.45, 2.75) is 38.9 Å². The predicted molar refractivity (Wildman–Crippen MR) is 88.4 cm³/mol. The van der Waals surface area contributed by atoms with Gasteiger partial charge in [-0.05, 0) is 33.2 Å². The number of halogens is 1. The van der Waals surface area contributed by atoms with Crippen LogP contribution in [-0.4, -0.2) is 74.6 Å². The third-order valence-corrected chi connectivity index (χ3v) is 3.50. The summed E-state index contributed by atoms with van der Waals surface area (Å²) < 4.78 is 10.7. The van der Waals surface area contributed by atoms with Gasteiger partial charge in [-0.25, -0.2) is 0 Å². The number of hydrogen-bond donors (Lipinski definition) is 2.